The molecule has 1 amide bonds. The van der Waals surface area contributed by atoms with Gasteiger partial charge < -0.3 is 14.4 Å². The lowest BCUT2D eigenvalue weighted by atomic mass is 9.49. The zero-order chi connectivity index (χ0) is 20.1. The summed E-state index contributed by atoms with van der Waals surface area (Å²) < 4.78 is 12.0. The van der Waals surface area contributed by atoms with Crippen LogP contribution in [0, 0.1) is 35.0 Å². The molecule has 3 heterocycles. The number of carbonyl (C=O) groups excluding carboxylic acids is 1. The van der Waals surface area contributed by atoms with Crippen LogP contribution in [0.15, 0.2) is 24.4 Å². The van der Waals surface area contributed by atoms with E-state index in [4.69, 9.17) is 9.47 Å². The molecular weight excluding hydrogens is 376 g/mol. The van der Waals surface area contributed by atoms with Crippen molar-refractivity contribution in [1.29, 1.82) is 0 Å². The van der Waals surface area contributed by atoms with Crippen LogP contribution in [-0.2, 0) is 20.9 Å². The number of fused-ring (bicyclic) bond motifs is 1. The molecule has 5 heteroatoms. The summed E-state index contributed by atoms with van der Waals surface area (Å²) in [5.74, 6) is 3.94. The lowest BCUT2D eigenvalue weighted by Gasteiger charge is -2.56. The van der Waals surface area contributed by atoms with Gasteiger partial charge in [0.05, 0.1) is 30.4 Å². The predicted molar refractivity (Wildman–Crippen MR) is 112 cm³/mol. The molecule has 0 unspecified atom stereocenters. The molecule has 162 valence electrons. The van der Waals surface area contributed by atoms with Crippen molar-refractivity contribution in [3.8, 4) is 0 Å². The topological polar surface area (TPSA) is 51.7 Å². The summed E-state index contributed by atoms with van der Waals surface area (Å²) in [6.45, 7) is 3.84. The van der Waals surface area contributed by atoms with E-state index in [0.717, 1.165) is 75.4 Å². The molecule has 0 radical (unpaired) electrons. The van der Waals surface area contributed by atoms with Crippen molar-refractivity contribution < 1.29 is 14.3 Å². The van der Waals surface area contributed by atoms with Crippen LogP contribution in [0.2, 0.25) is 0 Å². The van der Waals surface area contributed by atoms with Crippen LogP contribution in [0.5, 0.6) is 0 Å². The summed E-state index contributed by atoms with van der Waals surface area (Å²) in [5, 5.41) is 0. The Hall–Kier alpha value is -1.46. The fraction of sp³-hybridized carbons (Fsp3) is 0.760. The number of carbonyl (C=O) groups is 1. The molecule has 5 nitrogen and oxygen atoms in total. The van der Waals surface area contributed by atoms with Gasteiger partial charge in [-0.15, -0.1) is 0 Å². The SMILES string of the molecule is O=C(N1C[C@H]2[C@@H](CCOCc3ccccn3)CO[C@H]2C1)C12CC3CC(CC(C3)C1)C2. The van der Waals surface area contributed by atoms with Crippen molar-refractivity contribution in [3.05, 3.63) is 30.1 Å². The van der Waals surface area contributed by atoms with E-state index in [1.165, 1.54) is 19.3 Å². The quantitative estimate of drug-likeness (QED) is 0.672. The van der Waals surface area contributed by atoms with Gasteiger partial charge in [-0.2, -0.15) is 0 Å². The molecule has 6 fully saturated rings. The second-order valence-corrected chi connectivity index (χ2v) is 10.9. The third-order valence-corrected chi connectivity index (χ3v) is 8.83. The van der Waals surface area contributed by atoms with E-state index >= 15 is 0 Å². The van der Waals surface area contributed by atoms with E-state index in [1.807, 2.05) is 24.4 Å². The van der Waals surface area contributed by atoms with Gasteiger partial charge >= 0.3 is 0 Å². The number of pyridine rings is 1. The lowest BCUT2D eigenvalue weighted by Crippen LogP contribution is -2.54. The van der Waals surface area contributed by atoms with Gasteiger partial charge in [0.15, 0.2) is 0 Å². The molecule has 4 saturated carbocycles. The maximum Gasteiger partial charge on any atom is 0.228 e. The summed E-state index contributed by atoms with van der Waals surface area (Å²) in [6.07, 6.45) is 10.7. The Morgan fingerprint density at radius 1 is 1.13 bits per heavy atom. The van der Waals surface area contributed by atoms with Gasteiger partial charge in [0.1, 0.15) is 0 Å². The summed E-state index contributed by atoms with van der Waals surface area (Å²) in [6, 6.07) is 5.92. The minimum Gasteiger partial charge on any atom is -0.376 e. The Morgan fingerprint density at radius 2 is 1.90 bits per heavy atom. The monoisotopic (exact) mass is 410 g/mol. The Kier molecular flexibility index (Phi) is 4.87. The van der Waals surface area contributed by atoms with Gasteiger partial charge in [-0.3, -0.25) is 9.78 Å². The molecule has 0 aromatic carbocycles. The maximum absolute atomic E-state index is 13.7. The highest BCUT2D eigenvalue weighted by Crippen LogP contribution is 2.60. The van der Waals surface area contributed by atoms with Crippen LogP contribution in [0.3, 0.4) is 0 Å². The van der Waals surface area contributed by atoms with Gasteiger partial charge in [-0.1, -0.05) is 6.07 Å². The predicted octanol–water partition coefficient (Wildman–Crippen LogP) is 3.68. The number of aromatic nitrogens is 1. The molecule has 1 aromatic heterocycles. The molecule has 4 aliphatic carbocycles. The Bertz CT molecular complexity index is 747. The maximum atomic E-state index is 13.7. The van der Waals surface area contributed by atoms with E-state index in [9.17, 15) is 4.79 Å². The molecule has 2 aliphatic heterocycles. The van der Waals surface area contributed by atoms with Crippen LogP contribution in [0.1, 0.15) is 50.6 Å². The molecule has 4 bridgehead atoms. The van der Waals surface area contributed by atoms with E-state index < -0.39 is 0 Å². The molecule has 3 atom stereocenters. The number of hydrogen-bond acceptors (Lipinski definition) is 4. The van der Waals surface area contributed by atoms with E-state index in [2.05, 4.69) is 9.88 Å². The summed E-state index contributed by atoms with van der Waals surface area (Å²) >= 11 is 0. The van der Waals surface area contributed by atoms with E-state index in [0.29, 0.717) is 24.3 Å². The zero-order valence-electron chi connectivity index (χ0n) is 17.9. The van der Waals surface area contributed by atoms with Crippen LogP contribution < -0.4 is 0 Å². The molecule has 7 rings (SSSR count). The first-order chi connectivity index (χ1) is 14.7. The van der Waals surface area contributed by atoms with Crippen LogP contribution in [0.25, 0.3) is 0 Å². The summed E-state index contributed by atoms with van der Waals surface area (Å²) in [5.41, 5.74) is 0.959. The lowest BCUT2D eigenvalue weighted by molar-refractivity contribution is -0.157. The molecule has 30 heavy (non-hydrogen) atoms. The Labute approximate surface area is 179 Å². The first-order valence-corrected chi connectivity index (χ1v) is 12.1. The fourth-order valence-corrected chi connectivity index (χ4v) is 7.87. The minimum atomic E-state index is -0.0192. The summed E-state index contributed by atoms with van der Waals surface area (Å²) in [4.78, 5) is 20.2. The van der Waals surface area contributed by atoms with Crippen molar-refractivity contribution in [2.75, 3.05) is 26.3 Å². The minimum absolute atomic E-state index is 0.0192. The molecular formula is C25H34N2O3. The smallest absolute Gasteiger partial charge is 0.228 e. The highest BCUT2D eigenvalue weighted by molar-refractivity contribution is 5.83. The van der Waals surface area contributed by atoms with E-state index in [-0.39, 0.29) is 11.5 Å². The van der Waals surface area contributed by atoms with Crippen molar-refractivity contribution in [3.63, 3.8) is 0 Å². The first-order valence-electron chi connectivity index (χ1n) is 12.1. The van der Waals surface area contributed by atoms with E-state index in [1.54, 1.807) is 0 Å². The molecule has 1 aromatic rings. The highest BCUT2D eigenvalue weighted by atomic mass is 16.5. The van der Waals surface area contributed by atoms with Crippen LogP contribution in [-0.4, -0.2) is 48.2 Å². The standard InChI is InChI=1S/C25H34N2O3/c28-24(25-10-17-7-18(11-25)9-19(8-17)12-25)27-13-22-20(15-30-23(22)14-27)4-6-29-16-21-3-1-2-5-26-21/h1-3,5,17-20,22-23H,4,6-16H2/t17?,18?,19?,20-,22-,23-,25?/m0/s1. The molecule has 0 N–H and O–H groups in total. The fourth-order valence-electron chi connectivity index (χ4n) is 7.87. The van der Waals surface area contributed by atoms with Crippen LogP contribution >= 0.6 is 0 Å². The largest absolute Gasteiger partial charge is 0.376 e. The number of ether oxygens (including phenoxy) is 2. The number of nitrogens with zero attached hydrogens (tertiary/aromatic N) is 2. The zero-order valence-corrected chi connectivity index (χ0v) is 17.9. The second kappa shape index (κ2) is 7.59. The Balaban J connectivity index is 1.04. The third-order valence-electron chi connectivity index (χ3n) is 8.83. The third kappa shape index (κ3) is 3.38. The van der Waals surface area contributed by atoms with Crippen LogP contribution in [0.4, 0.5) is 0 Å². The number of hydrogen-bond donors (Lipinski definition) is 0. The van der Waals surface area contributed by atoms with Gasteiger partial charge in [0.2, 0.25) is 5.91 Å². The number of amides is 1. The van der Waals surface area contributed by atoms with Crippen molar-refractivity contribution >= 4 is 5.91 Å². The Morgan fingerprint density at radius 3 is 2.60 bits per heavy atom. The summed E-state index contributed by atoms with van der Waals surface area (Å²) in [7, 11) is 0. The average Bonchev–Trinajstić information content (AvgIpc) is 3.32. The highest BCUT2D eigenvalue weighted by Gasteiger charge is 2.57. The molecule has 2 saturated heterocycles. The first kappa shape index (κ1) is 19.2. The normalized spacial score (nSPS) is 41.4. The van der Waals surface area contributed by atoms with Gasteiger partial charge in [-0.25, -0.2) is 0 Å². The molecule has 6 aliphatic rings. The number of likely N-dealkylation sites (tertiary alicyclic amines) is 1. The van der Waals surface area contributed by atoms with Gasteiger partial charge in [0.25, 0.3) is 0 Å². The number of rotatable bonds is 6. The van der Waals surface area contributed by atoms with Gasteiger partial charge in [0, 0.05) is 31.8 Å². The average molecular weight is 411 g/mol. The van der Waals surface area contributed by atoms with Gasteiger partial charge in [-0.05, 0) is 80.8 Å². The van der Waals surface area contributed by atoms with Crippen molar-refractivity contribution in [2.45, 2.75) is 57.7 Å². The van der Waals surface area contributed by atoms with Crippen molar-refractivity contribution in [1.82, 2.24) is 9.88 Å². The van der Waals surface area contributed by atoms with Crippen molar-refractivity contribution in [2.24, 2.45) is 35.0 Å². The second-order valence-electron chi connectivity index (χ2n) is 10.9. The molecule has 0 spiro atoms.